The normalized spacial score (nSPS) is 23.6. The standard InChI is InChI=1S/C13H28N2/c1-4-12(3)15(5-2)10-6-7-13-8-9-14-11-13/h12-14H,4-11H2,1-3H3. The van der Waals surface area contributed by atoms with E-state index in [0.29, 0.717) is 0 Å². The third-order valence-corrected chi connectivity index (χ3v) is 3.84. The van der Waals surface area contributed by atoms with Crippen molar-refractivity contribution in [2.45, 2.75) is 52.5 Å². The summed E-state index contributed by atoms with van der Waals surface area (Å²) in [6.45, 7) is 11.9. The lowest BCUT2D eigenvalue weighted by molar-refractivity contribution is 0.207. The molecule has 2 atom stereocenters. The van der Waals surface area contributed by atoms with E-state index in [0.717, 1.165) is 12.0 Å². The first-order chi connectivity index (χ1) is 7.27. The minimum Gasteiger partial charge on any atom is -0.316 e. The molecule has 0 saturated carbocycles. The van der Waals surface area contributed by atoms with Gasteiger partial charge in [-0.25, -0.2) is 0 Å². The van der Waals surface area contributed by atoms with Crippen LogP contribution in [0.4, 0.5) is 0 Å². The van der Waals surface area contributed by atoms with E-state index in [1.54, 1.807) is 0 Å². The number of hydrogen-bond donors (Lipinski definition) is 1. The Morgan fingerprint density at radius 3 is 2.73 bits per heavy atom. The van der Waals surface area contributed by atoms with Crippen LogP contribution in [0.25, 0.3) is 0 Å². The van der Waals surface area contributed by atoms with Crippen LogP contribution >= 0.6 is 0 Å². The van der Waals surface area contributed by atoms with Crippen LogP contribution in [0.2, 0.25) is 0 Å². The van der Waals surface area contributed by atoms with Gasteiger partial charge in [0.15, 0.2) is 0 Å². The summed E-state index contributed by atoms with van der Waals surface area (Å²) in [4.78, 5) is 2.61. The smallest absolute Gasteiger partial charge is 0.00641 e. The Labute approximate surface area is 95.4 Å². The Kier molecular flexibility index (Phi) is 6.26. The number of hydrogen-bond acceptors (Lipinski definition) is 2. The number of nitrogens with zero attached hydrogens (tertiary/aromatic N) is 1. The van der Waals surface area contributed by atoms with E-state index >= 15 is 0 Å². The van der Waals surface area contributed by atoms with E-state index in [4.69, 9.17) is 0 Å². The van der Waals surface area contributed by atoms with Crippen molar-refractivity contribution in [2.24, 2.45) is 5.92 Å². The van der Waals surface area contributed by atoms with Crippen LogP contribution in [0.5, 0.6) is 0 Å². The van der Waals surface area contributed by atoms with Gasteiger partial charge in [0.25, 0.3) is 0 Å². The maximum absolute atomic E-state index is 3.44. The van der Waals surface area contributed by atoms with Gasteiger partial charge >= 0.3 is 0 Å². The van der Waals surface area contributed by atoms with E-state index < -0.39 is 0 Å². The molecule has 1 heterocycles. The summed E-state index contributed by atoms with van der Waals surface area (Å²) in [6, 6.07) is 0.761. The molecule has 0 aromatic heterocycles. The third-order valence-electron chi connectivity index (χ3n) is 3.84. The van der Waals surface area contributed by atoms with Gasteiger partial charge in [-0.15, -0.1) is 0 Å². The third kappa shape index (κ3) is 4.52. The molecule has 2 unspecified atom stereocenters. The van der Waals surface area contributed by atoms with Crippen molar-refractivity contribution in [2.75, 3.05) is 26.2 Å². The number of nitrogens with one attached hydrogen (secondary N) is 1. The first kappa shape index (κ1) is 13.0. The lowest BCUT2D eigenvalue weighted by Crippen LogP contribution is -2.33. The van der Waals surface area contributed by atoms with Gasteiger partial charge in [0.2, 0.25) is 0 Å². The zero-order valence-corrected chi connectivity index (χ0v) is 10.8. The fourth-order valence-electron chi connectivity index (χ4n) is 2.49. The van der Waals surface area contributed by atoms with Crippen molar-refractivity contribution in [1.29, 1.82) is 0 Å². The first-order valence-corrected chi connectivity index (χ1v) is 6.72. The van der Waals surface area contributed by atoms with Crippen molar-refractivity contribution < 1.29 is 0 Å². The molecule has 1 aliphatic heterocycles. The fourth-order valence-corrected chi connectivity index (χ4v) is 2.49. The van der Waals surface area contributed by atoms with Crippen molar-refractivity contribution >= 4 is 0 Å². The highest BCUT2D eigenvalue weighted by atomic mass is 15.1. The Hall–Kier alpha value is -0.0800. The van der Waals surface area contributed by atoms with Crippen LogP contribution in [0.1, 0.15) is 46.5 Å². The zero-order valence-electron chi connectivity index (χ0n) is 10.8. The molecule has 1 N–H and O–H groups in total. The lowest BCUT2D eigenvalue weighted by Gasteiger charge is -2.27. The molecular weight excluding hydrogens is 184 g/mol. The maximum atomic E-state index is 3.44. The topological polar surface area (TPSA) is 15.3 Å². The maximum Gasteiger partial charge on any atom is 0.00641 e. The molecule has 0 radical (unpaired) electrons. The Morgan fingerprint density at radius 2 is 2.20 bits per heavy atom. The van der Waals surface area contributed by atoms with Gasteiger partial charge in [0, 0.05) is 6.04 Å². The monoisotopic (exact) mass is 212 g/mol. The summed E-state index contributed by atoms with van der Waals surface area (Å²) in [5.74, 6) is 0.959. The Bertz CT molecular complexity index is 153. The molecule has 1 aliphatic rings. The summed E-state index contributed by atoms with van der Waals surface area (Å²) in [5.41, 5.74) is 0. The largest absolute Gasteiger partial charge is 0.316 e. The van der Waals surface area contributed by atoms with Crippen LogP contribution in [-0.4, -0.2) is 37.1 Å². The molecule has 2 nitrogen and oxygen atoms in total. The summed E-state index contributed by atoms with van der Waals surface area (Å²) in [5, 5.41) is 3.44. The SMILES string of the molecule is CCC(C)N(CC)CCCC1CCNC1. The van der Waals surface area contributed by atoms with Gasteiger partial charge in [0.1, 0.15) is 0 Å². The van der Waals surface area contributed by atoms with Gasteiger partial charge in [-0.05, 0) is 64.7 Å². The summed E-state index contributed by atoms with van der Waals surface area (Å²) in [7, 11) is 0. The quantitative estimate of drug-likeness (QED) is 0.697. The minimum absolute atomic E-state index is 0.761. The van der Waals surface area contributed by atoms with E-state index in [1.165, 1.54) is 51.9 Å². The Morgan fingerprint density at radius 1 is 1.40 bits per heavy atom. The molecule has 0 aliphatic carbocycles. The molecule has 0 amide bonds. The summed E-state index contributed by atoms with van der Waals surface area (Å²) in [6.07, 6.45) is 5.47. The zero-order chi connectivity index (χ0) is 11.1. The highest BCUT2D eigenvalue weighted by molar-refractivity contribution is 4.72. The Balaban J connectivity index is 2.10. The van der Waals surface area contributed by atoms with Gasteiger partial charge < -0.3 is 10.2 Å². The summed E-state index contributed by atoms with van der Waals surface area (Å²) >= 11 is 0. The minimum atomic E-state index is 0.761. The number of rotatable bonds is 7. The van der Waals surface area contributed by atoms with Gasteiger partial charge in [-0.1, -0.05) is 13.8 Å². The second kappa shape index (κ2) is 7.24. The van der Waals surface area contributed by atoms with Crippen molar-refractivity contribution in [3.63, 3.8) is 0 Å². The van der Waals surface area contributed by atoms with Crippen LogP contribution in [-0.2, 0) is 0 Å². The molecule has 1 saturated heterocycles. The molecule has 1 rings (SSSR count). The molecule has 0 bridgehead atoms. The van der Waals surface area contributed by atoms with Crippen molar-refractivity contribution in [3.8, 4) is 0 Å². The van der Waals surface area contributed by atoms with Crippen molar-refractivity contribution in [3.05, 3.63) is 0 Å². The first-order valence-electron chi connectivity index (χ1n) is 6.72. The average molecular weight is 212 g/mol. The highest BCUT2D eigenvalue weighted by Crippen LogP contribution is 2.15. The van der Waals surface area contributed by atoms with Crippen LogP contribution in [0.15, 0.2) is 0 Å². The lowest BCUT2D eigenvalue weighted by atomic mass is 10.0. The molecule has 90 valence electrons. The predicted octanol–water partition coefficient (Wildman–Crippen LogP) is 2.50. The second-order valence-corrected chi connectivity index (χ2v) is 4.89. The van der Waals surface area contributed by atoms with Crippen LogP contribution in [0, 0.1) is 5.92 Å². The highest BCUT2D eigenvalue weighted by Gasteiger charge is 2.15. The van der Waals surface area contributed by atoms with E-state index in [9.17, 15) is 0 Å². The van der Waals surface area contributed by atoms with Gasteiger partial charge in [0.05, 0.1) is 0 Å². The van der Waals surface area contributed by atoms with Crippen LogP contribution in [0.3, 0.4) is 0 Å². The van der Waals surface area contributed by atoms with Gasteiger partial charge in [-0.3, -0.25) is 0 Å². The molecule has 0 spiro atoms. The molecule has 15 heavy (non-hydrogen) atoms. The van der Waals surface area contributed by atoms with Crippen LogP contribution < -0.4 is 5.32 Å². The van der Waals surface area contributed by atoms with E-state index in [1.807, 2.05) is 0 Å². The molecular formula is C13H28N2. The molecule has 1 fully saturated rings. The van der Waals surface area contributed by atoms with Crippen molar-refractivity contribution in [1.82, 2.24) is 10.2 Å². The second-order valence-electron chi connectivity index (χ2n) is 4.89. The molecule has 2 heteroatoms. The van der Waals surface area contributed by atoms with E-state index in [-0.39, 0.29) is 0 Å². The summed E-state index contributed by atoms with van der Waals surface area (Å²) < 4.78 is 0. The predicted molar refractivity (Wildman–Crippen MR) is 67.2 cm³/mol. The van der Waals surface area contributed by atoms with E-state index in [2.05, 4.69) is 31.0 Å². The molecule has 0 aromatic carbocycles. The molecule has 0 aromatic rings. The van der Waals surface area contributed by atoms with Gasteiger partial charge in [-0.2, -0.15) is 0 Å². The average Bonchev–Trinajstić information content (AvgIpc) is 2.76. The fraction of sp³-hybridized carbons (Fsp3) is 1.00.